The number of carbonyl (C=O) groups excluding carboxylic acids is 1. The Morgan fingerprint density at radius 1 is 1.12 bits per heavy atom. The average molecular weight is 334 g/mol. The Balaban J connectivity index is 2.04. The van der Waals surface area contributed by atoms with E-state index >= 15 is 0 Å². The van der Waals surface area contributed by atoms with E-state index in [9.17, 15) is 9.59 Å². The molecule has 3 aromatic rings. The number of pyridine rings is 1. The molecule has 4 nitrogen and oxygen atoms in total. The standard InChI is InChI=1S/C21H22N2O2/c1-4-14-8-7-10-15(13(2)3)19(14)23-21(25)17-12-22-18-11-6-5-9-16(18)20(17)24/h5-13H,4H2,1-3H3,(H,22,24)(H,23,25). The predicted octanol–water partition coefficient (Wildman–Crippen LogP) is 4.47. The number of nitrogens with one attached hydrogen (secondary N) is 2. The zero-order valence-corrected chi connectivity index (χ0v) is 14.7. The van der Waals surface area contributed by atoms with Gasteiger partial charge < -0.3 is 10.3 Å². The van der Waals surface area contributed by atoms with Crippen molar-refractivity contribution >= 4 is 22.5 Å². The van der Waals surface area contributed by atoms with Crippen molar-refractivity contribution in [2.75, 3.05) is 5.32 Å². The van der Waals surface area contributed by atoms with Gasteiger partial charge in [-0.15, -0.1) is 0 Å². The number of aryl methyl sites for hydroxylation is 1. The minimum Gasteiger partial charge on any atom is -0.360 e. The molecular weight excluding hydrogens is 312 g/mol. The lowest BCUT2D eigenvalue weighted by Crippen LogP contribution is -2.23. The van der Waals surface area contributed by atoms with Gasteiger partial charge in [0.2, 0.25) is 5.43 Å². The molecule has 0 radical (unpaired) electrons. The van der Waals surface area contributed by atoms with E-state index in [1.54, 1.807) is 12.1 Å². The Bertz CT molecular complexity index is 987. The van der Waals surface area contributed by atoms with Crippen molar-refractivity contribution in [1.29, 1.82) is 0 Å². The lowest BCUT2D eigenvalue weighted by Gasteiger charge is -2.17. The van der Waals surface area contributed by atoms with Gasteiger partial charge >= 0.3 is 0 Å². The minimum atomic E-state index is -0.380. The number of fused-ring (bicyclic) bond motifs is 1. The molecule has 3 rings (SSSR count). The van der Waals surface area contributed by atoms with Crippen LogP contribution in [-0.2, 0) is 6.42 Å². The van der Waals surface area contributed by atoms with Gasteiger partial charge in [-0.05, 0) is 35.6 Å². The molecule has 0 aliphatic heterocycles. The van der Waals surface area contributed by atoms with Crippen molar-refractivity contribution in [2.45, 2.75) is 33.1 Å². The normalized spacial score (nSPS) is 11.0. The molecule has 2 N–H and O–H groups in total. The molecule has 2 aromatic carbocycles. The van der Waals surface area contributed by atoms with Gasteiger partial charge in [-0.3, -0.25) is 9.59 Å². The molecule has 0 aliphatic carbocycles. The van der Waals surface area contributed by atoms with Crippen molar-refractivity contribution < 1.29 is 4.79 Å². The lowest BCUT2D eigenvalue weighted by molar-refractivity contribution is 0.102. The zero-order valence-electron chi connectivity index (χ0n) is 14.7. The summed E-state index contributed by atoms with van der Waals surface area (Å²) in [7, 11) is 0. The first-order chi connectivity index (χ1) is 12.0. The first-order valence-electron chi connectivity index (χ1n) is 8.56. The van der Waals surface area contributed by atoms with E-state index in [4.69, 9.17) is 0 Å². The van der Waals surface area contributed by atoms with E-state index in [-0.39, 0.29) is 22.8 Å². The van der Waals surface area contributed by atoms with Crippen LogP contribution in [0.15, 0.2) is 53.5 Å². The molecule has 128 valence electrons. The number of aromatic nitrogens is 1. The molecule has 0 saturated carbocycles. The van der Waals surface area contributed by atoms with E-state index in [2.05, 4.69) is 31.1 Å². The highest BCUT2D eigenvalue weighted by Gasteiger charge is 2.17. The van der Waals surface area contributed by atoms with Gasteiger partial charge in [-0.25, -0.2) is 0 Å². The first-order valence-corrected chi connectivity index (χ1v) is 8.56. The second-order valence-electron chi connectivity index (χ2n) is 6.42. The van der Waals surface area contributed by atoms with E-state index < -0.39 is 0 Å². The summed E-state index contributed by atoms with van der Waals surface area (Å²) >= 11 is 0. The molecule has 0 unspecified atom stereocenters. The summed E-state index contributed by atoms with van der Waals surface area (Å²) in [5, 5.41) is 3.49. The molecular formula is C21H22N2O2. The highest BCUT2D eigenvalue weighted by Crippen LogP contribution is 2.28. The summed E-state index contributed by atoms with van der Waals surface area (Å²) in [5.41, 5.74) is 3.55. The smallest absolute Gasteiger partial charge is 0.261 e. The monoisotopic (exact) mass is 334 g/mol. The van der Waals surface area contributed by atoms with Gasteiger partial charge in [0.15, 0.2) is 0 Å². The fraction of sp³-hybridized carbons (Fsp3) is 0.238. The predicted molar refractivity (Wildman–Crippen MR) is 102 cm³/mol. The Morgan fingerprint density at radius 2 is 1.88 bits per heavy atom. The first kappa shape index (κ1) is 17.0. The molecule has 1 amide bonds. The second kappa shape index (κ2) is 6.93. The molecule has 1 heterocycles. The lowest BCUT2D eigenvalue weighted by atomic mass is 9.96. The third kappa shape index (κ3) is 3.20. The van der Waals surface area contributed by atoms with Gasteiger partial charge in [-0.2, -0.15) is 0 Å². The van der Waals surface area contributed by atoms with Gasteiger partial charge in [0, 0.05) is 22.8 Å². The van der Waals surface area contributed by atoms with Gasteiger partial charge in [0.25, 0.3) is 5.91 Å². The summed E-state index contributed by atoms with van der Waals surface area (Å²) in [6.07, 6.45) is 2.30. The van der Waals surface area contributed by atoms with Gasteiger partial charge in [-0.1, -0.05) is 51.1 Å². The third-order valence-corrected chi connectivity index (χ3v) is 4.46. The SMILES string of the molecule is CCc1cccc(C(C)C)c1NC(=O)c1c[nH]c2ccccc2c1=O. The average Bonchev–Trinajstić information content (AvgIpc) is 2.62. The molecule has 0 atom stereocenters. The number of hydrogen-bond acceptors (Lipinski definition) is 2. The van der Waals surface area contributed by atoms with Crippen LogP contribution in [0, 0.1) is 0 Å². The van der Waals surface area contributed by atoms with Crippen LogP contribution in [0.2, 0.25) is 0 Å². The maximum atomic E-state index is 12.8. The van der Waals surface area contributed by atoms with Crippen LogP contribution in [0.1, 0.15) is 48.2 Å². The fourth-order valence-electron chi connectivity index (χ4n) is 3.07. The van der Waals surface area contributed by atoms with Crippen molar-refractivity contribution in [1.82, 2.24) is 4.98 Å². The third-order valence-electron chi connectivity index (χ3n) is 4.46. The van der Waals surface area contributed by atoms with Crippen LogP contribution in [0.5, 0.6) is 0 Å². The summed E-state index contributed by atoms with van der Waals surface area (Å²) in [6, 6.07) is 13.2. The fourth-order valence-corrected chi connectivity index (χ4v) is 3.07. The molecule has 0 saturated heterocycles. The van der Waals surface area contributed by atoms with E-state index in [0.29, 0.717) is 5.39 Å². The van der Waals surface area contributed by atoms with Crippen molar-refractivity contribution in [3.05, 3.63) is 75.6 Å². The summed E-state index contributed by atoms with van der Waals surface area (Å²) < 4.78 is 0. The van der Waals surface area contributed by atoms with Crippen molar-refractivity contribution in [3.8, 4) is 0 Å². The van der Waals surface area contributed by atoms with Crippen LogP contribution in [-0.4, -0.2) is 10.9 Å². The van der Waals surface area contributed by atoms with E-state index in [1.165, 1.54) is 6.20 Å². The van der Waals surface area contributed by atoms with Crippen LogP contribution in [0.3, 0.4) is 0 Å². The molecule has 1 aromatic heterocycles. The molecule has 0 spiro atoms. The Labute approximate surface area is 146 Å². The number of H-pyrrole nitrogens is 1. The molecule has 25 heavy (non-hydrogen) atoms. The minimum absolute atomic E-state index is 0.124. The van der Waals surface area contributed by atoms with E-state index in [0.717, 1.165) is 28.8 Å². The van der Waals surface area contributed by atoms with Gasteiger partial charge in [0.1, 0.15) is 5.56 Å². The summed E-state index contributed by atoms with van der Waals surface area (Å²) in [4.78, 5) is 28.5. The molecule has 0 bridgehead atoms. The van der Waals surface area contributed by atoms with Crippen molar-refractivity contribution in [2.24, 2.45) is 0 Å². The number of amides is 1. The number of anilines is 1. The van der Waals surface area contributed by atoms with Crippen LogP contribution in [0.25, 0.3) is 10.9 Å². The number of hydrogen-bond donors (Lipinski definition) is 2. The molecule has 0 fully saturated rings. The maximum absolute atomic E-state index is 12.8. The number of aromatic amines is 1. The maximum Gasteiger partial charge on any atom is 0.261 e. The summed E-state index contributed by atoms with van der Waals surface area (Å²) in [6.45, 7) is 6.23. The van der Waals surface area contributed by atoms with Crippen LogP contribution >= 0.6 is 0 Å². The number of rotatable bonds is 4. The molecule has 0 aliphatic rings. The largest absolute Gasteiger partial charge is 0.360 e. The number of benzene rings is 2. The van der Waals surface area contributed by atoms with E-state index in [1.807, 2.05) is 30.3 Å². The Morgan fingerprint density at radius 3 is 2.60 bits per heavy atom. The van der Waals surface area contributed by atoms with Crippen molar-refractivity contribution in [3.63, 3.8) is 0 Å². The van der Waals surface area contributed by atoms with Crippen LogP contribution in [0.4, 0.5) is 5.69 Å². The van der Waals surface area contributed by atoms with Gasteiger partial charge in [0.05, 0.1) is 0 Å². The highest BCUT2D eigenvalue weighted by molar-refractivity contribution is 6.06. The number of carbonyl (C=O) groups is 1. The Kier molecular flexibility index (Phi) is 4.70. The zero-order chi connectivity index (χ0) is 18.0. The number of para-hydroxylation sites is 2. The Hall–Kier alpha value is -2.88. The second-order valence-corrected chi connectivity index (χ2v) is 6.42. The quantitative estimate of drug-likeness (QED) is 0.739. The highest BCUT2D eigenvalue weighted by atomic mass is 16.2. The van der Waals surface area contributed by atoms with Crippen LogP contribution < -0.4 is 10.7 Å². The summed E-state index contributed by atoms with van der Waals surface area (Å²) in [5.74, 6) is -0.105. The molecule has 4 heteroatoms. The topological polar surface area (TPSA) is 62.0 Å².